The maximum atomic E-state index is 11.8. The lowest BCUT2D eigenvalue weighted by Gasteiger charge is -2.21. The first-order chi connectivity index (χ1) is 8.86. The Kier molecular flexibility index (Phi) is 2.34. The summed E-state index contributed by atoms with van der Waals surface area (Å²) in [5.41, 5.74) is 2.05. The van der Waals surface area contributed by atoms with Crippen LogP contribution in [-0.4, -0.2) is 54.9 Å². The fourth-order valence-electron chi connectivity index (χ4n) is 3.09. The number of hydrogen-bond acceptors (Lipinski definition) is 7. The van der Waals surface area contributed by atoms with E-state index < -0.39 is 41.7 Å². The van der Waals surface area contributed by atoms with Gasteiger partial charge in [-0.2, -0.15) is 4.98 Å². The molecule has 1 saturated heterocycles. The standard InChI is InChI=1S/C11H15N3O5/c1-10-8(14-3-2-6(12)13-9(14)17)11(10,18)7(16)5(4-15)19-10/h2-3,5,7-8,15-16,18H,4H2,1H3,(H2,12,13,17)/t5-,7?,8-,10?,11?/m1/s1. The molecule has 1 aliphatic heterocycles. The first-order valence-corrected chi connectivity index (χ1v) is 5.90. The lowest BCUT2D eigenvalue weighted by molar-refractivity contribution is -0.0734. The Hall–Kier alpha value is -1.48. The van der Waals surface area contributed by atoms with Crippen LogP contribution in [0.5, 0.6) is 0 Å². The maximum Gasteiger partial charge on any atom is 0.349 e. The number of nitrogens with two attached hydrogens (primary N) is 1. The lowest BCUT2D eigenvalue weighted by Crippen LogP contribution is -2.41. The molecule has 2 heterocycles. The van der Waals surface area contributed by atoms with E-state index >= 15 is 0 Å². The van der Waals surface area contributed by atoms with Crippen molar-refractivity contribution >= 4 is 5.82 Å². The average Bonchev–Trinajstić information content (AvgIpc) is 2.75. The Morgan fingerprint density at radius 3 is 2.79 bits per heavy atom. The van der Waals surface area contributed by atoms with E-state index in [-0.39, 0.29) is 5.82 Å². The zero-order valence-electron chi connectivity index (χ0n) is 10.2. The van der Waals surface area contributed by atoms with Gasteiger partial charge in [-0.1, -0.05) is 0 Å². The predicted octanol–water partition coefficient (Wildman–Crippen LogP) is -2.38. The Morgan fingerprint density at radius 2 is 2.32 bits per heavy atom. The van der Waals surface area contributed by atoms with Gasteiger partial charge in [0.2, 0.25) is 0 Å². The van der Waals surface area contributed by atoms with Gasteiger partial charge >= 0.3 is 5.69 Å². The van der Waals surface area contributed by atoms with E-state index in [0.717, 1.165) is 0 Å². The molecule has 1 aromatic heterocycles. The van der Waals surface area contributed by atoms with E-state index in [2.05, 4.69) is 4.98 Å². The Labute approximate surface area is 108 Å². The zero-order valence-corrected chi connectivity index (χ0v) is 10.2. The minimum Gasteiger partial charge on any atom is -0.394 e. The van der Waals surface area contributed by atoms with Crippen LogP contribution < -0.4 is 11.4 Å². The molecule has 5 atom stereocenters. The normalized spacial score (nSPS) is 44.1. The SMILES string of the molecule is CC12O[C@H](CO)C(O)C1(O)[C@@H]2n1ccc(N)nc1=O. The summed E-state index contributed by atoms with van der Waals surface area (Å²) in [6.07, 6.45) is -0.721. The van der Waals surface area contributed by atoms with Gasteiger partial charge in [-0.15, -0.1) is 0 Å². The van der Waals surface area contributed by atoms with Gasteiger partial charge in [-0.05, 0) is 13.0 Å². The number of anilines is 1. The molecular weight excluding hydrogens is 254 g/mol. The van der Waals surface area contributed by atoms with E-state index in [1.807, 2.05) is 0 Å². The number of rotatable bonds is 2. The molecule has 5 N–H and O–H groups in total. The van der Waals surface area contributed by atoms with Crippen LogP contribution in [0.3, 0.4) is 0 Å². The van der Waals surface area contributed by atoms with Crippen molar-refractivity contribution in [2.45, 2.75) is 36.4 Å². The van der Waals surface area contributed by atoms with Crippen LogP contribution in [0.15, 0.2) is 17.1 Å². The third kappa shape index (κ3) is 1.31. The number of ether oxygens (including phenoxy) is 1. The number of aliphatic hydroxyl groups is 3. The van der Waals surface area contributed by atoms with E-state index in [0.29, 0.717) is 0 Å². The fraction of sp³-hybridized carbons (Fsp3) is 0.636. The first kappa shape index (κ1) is 12.5. The fourth-order valence-corrected chi connectivity index (χ4v) is 3.09. The minimum atomic E-state index is -1.61. The summed E-state index contributed by atoms with van der Waals surface area (Å²) in [6, 6.07) is 0.677. The molecule has 8 heteroatoms. The summed E-state index contributed by atoms with van der Waals surface area (Å²) in [4.78, 5) is 15.3. The van der Waals surface area contributed by atoms with Crippen molar-refractivity contribution < 1.29 is 20.1 Å². The molecule has 1 saturated carbocycles. The van der Waals surface area contributed by atoms with E-state index in [1.165, 1.54) is 16.8 Å². The number of hydrogen-bond donors (Lipinski definition) is 4. The lowest BCUT2D eigenvalue weighted by atomic mass is 10.1. The molecule has 0 spiro atoms. The molecule has 0 radical (unpaired) electrons. The maximum absolute atomic E-state index is 11.8. The highest BCUT2D eigenvalue weighted by Crippen LogP contribution is 2.66. The Balaban J connectivity index is 2.01. The Bertz CT molecular complexity index is 590. The van der Waals surface area contributed by atoms with Crippen molar-refractivity contribution in [2.75, 3.05) is 12.3 Å². The van der Waals surface area contributed by atoms with Crippen LogP contribution >= 0.6 is 0 Å². The van der Waals surface area contributed by atoms with Gasteiger partial charge in [0.1, 0.15) is 35.3 Å². The van der Waals surface area contributed by atoms with Crippen molar-refractivity contribution in [3.63, 3.8) is 0 Å². The zero-order chi connectivity index (χ0) is 14.0. The molecule has 0 bridgehead atoms. The van der Waals surface area contributed by atoms with Crippen molar-refractivity contribution in [3.8, 4) is 0 Å². The molecule has 1 aromatic rings. The number of aromatic nitrogens is 2. The van der Waals surface area contributed by atoms with Crippen molar-refractivity contribution in [1.82, 2.24) is 9.55 Å². The van der Waals surface area contributed by atoms with Crippen molar-refractivity contribution in [1.29, 1.82) is 0 Å². The predicted molar refractivity (Wildman–Crippen MR) is 63.3 cm³/mol. The van der Waals surface area contributed by atoms with Crippen LogP contribution in [-0.2, 0) is 4.74 Å². The molecule has 0 amide bonds. The van der Waals surface area contributed by atoms with Gasteiger partial charge in [0, 0.05) is 6.20 Å². The number of aliphatic hydroxyl groups excluding tert-OH is 2. The molecule has 8 nitrogen and oxygen atoms in total. The van der Waals surface area contributed by atoms with Gasteiger partial charge in [0.25, 0.3) is 0 Å². The monoisotopic (exact) mass is 269 g/mol. The molecule has 19 heavy (non-hydrogen) atoms. The van der Waals surface area contributed by atoms with Crippen LogP contribution in [0.2, 0.25) is 0 Å². The van der Waals surface area contributed by atoms with Crippen LogP contribution in [0, 0.1) is 0 Å². The number of nitrogens with zero attached hydrogens (tertiary/aromatic N) is 2. The van der Waals surface area contributed by atoms with E-state index in [4.69, 9.17) is 15.6 Å². The molecule has 104 valence electrons. The highest BCUT2D eigenvalue weighted by molar-refractivity contribution is 5.36. The van der Waals surface area contributed by atoms with E-state index in [1.54, 1.807) is 6.92 Å². The molecule has 3 rings (SSSR count). The summed E-state index contributed by atoms with van der Waals surface area (Å²) in [6.45, 7) is 1.18. The van der Waals surface area contributed by atoms with Gasteiger partial charge in [0.05, 0.1) is 6.61 Å². The van der Waals surface area contributed by atoms with Crippen LogP contribution in [0.25, 0.3) is 0 Å². The Morgan fingerprint density at radius 1 is 1.63 bits per heavy atom. The second-order valence-corrected chi connectivity index (χ2v) is 5.16. The average molecular weight is 269 g/mol. The summed E-state index contributed by atoms with van der Waals surface area (Å²) >= 11 is 0. The van der Waals surface area contributed by atoms with Gasteiger partial charge < -0.3 is 25.8 Å². The third-order valence-corrected chi connectivity index (χ3v) is 4.16. The summed E-state index contributed by atoms with van der Waals surface area (Å²) in [5.74, 6) is 0.0823. The van der Waals surface area contributed by atoms with Crippen molar-refractivity contribution in [3.05, 3.63) is 22.7 Å². The molecule has 3 unspecified atom stereocenters. The highest BCUT2D eigenvalue weighted by Gasteiger charge is 2.85. The first-order valence-electron chi connectivity index (χ1n) is 5.90. The summed E-state index contributed by atoms with van der Waals surface area (Å²) < 4.78 is 6.66. The van der Waals surface area contributed by atoms with Gasteiger partial charge in [-0.25, -0.2) is 4.79 Å². The number of fused-ring (bicyclic) bond motifs is 1. The highest BCUT2D eigenvalue weighted by atomic mass is 16.6. The molecule has 1 aliphatic carbocycles. The third-order valence-electron chi connectivity index (χ3n) is 4.16. The quantitative estimate of drug-likeness (QED) is 0.471. The van der Waals surface area contributed by atoms with Gasteiger partial charge in [-0.3, -0.25) is 4.57 Å². The second-order valence-electron chi connectivity index (χ2n) is 5.16. The second kappa shape index (κ2) is 3.54. The van der Waals surface area contributed by atoms with Crippen LogP contribution in [0.1, 0.15) is 13.0 Å². The smallest absolute Gasteiger partial charge is 0.349 e. The summed E-state index contributed by atoms with van der Waals surface area (Å²) in [7, 11) is 0. The largest absolute Gasteiger partial charge is 0.394 e. The van der Waals surface area contributed by atoms with Crippen LogP contribution in [0.4, 0.5) is 5.82 Å². The molecular formula is C11H15N3O5. The minimum absolute atomic E-state index is 0.0823. The molecule has 0 aromatic carbocycles. The molecule has 2 aliphatic rings. The van der Waals surface area contributed by atoms with Crippen molar-refractivity contribution in [2.24, 2.45) is 0 Å². The summed E-state index contributed by atoms with van der Waals surface area (Å²) in [5, 5.41) is 29.6. The molecule has 2 fully saturated rings. The van der Waals surface area contributed by atoms with E-state index in [9.17, 15) is 15.0 Å². The number of nitrogen functional groups attached to an aromatic ring is 1. The topological polar surface area (TPSA) is 131 Å². The van der Waals surface area contributed by atoms with Gasteiger partial charge in [0.15, 0.2) is 0 Å².